The van der Waals surface area contributed by atoms with Gasteiger partial charge in [-0.3, -0.25) is 4.79 Å². The molecule has 4 rings (SSSR count). The van der Waals surface area contributed by atoms with E-state index >= 15 is 0 Å². The van der Waals surface area contributed by atoms with E-state index in [0.717, 1.165) is 31.4 Å². The molecule has 0 radical (unpaired) electrons. The molecule has 0 unspecified atom stereocenters. The topological polar surface area (TPSA) is 32.8 Å². The van der Waals surface area contributed by atoms with Gasteiger partial charge >= 0.3 is 0 Å². The van der Waals surface area contributed by atoms with Gasteiger partial charge in [-0.1, -0.05) is 0 Å². The van der Waals surface area contributed by atoms with Gasteiger partial charge in [0.1, 0.15) is 6.10 Å². The molecule has 0 saturated carbocycles. The van der Waals surface area contributed by atoms with Crippen LogP contribution in [0.25, 0.3) is 0 Å². The first kappa shape index (κ1) is 13.1. The molecule has 4 atom stereocenters. The highest BCUT2D eigenvalue weighted by atomic mass is 19.2. The van der Waals surface area contributed by atoms with Crippen molar-refractivity contribution in [2.45, 2.75) is 50.0 Å². The number of ether oxygens (including phenoxy) is 1. The summed E-state index contributed by atoms with van der Waals surface area (Å²) in [6.45, 7) is 0. The second kappa shape index (κ2) is 4.47. The van der Waals surface area contributed by atoms with E-state index in [-0.39, 0.29) is 29.7 Å². The largest absolute Gasteiger partial charge is 0.367 e. The first-order valence-electron chi connectivity index (χ1n) is 7.17. The fraction of sp³-hybridized carbons (Fsp3) is 0.533. The van der Waals surface area contributed by atoms with Gasteiger partial charge in [0.05, 0.1) is 12.1 Å². The summed E-state index contributed by atoms with van der Waals surface area (Å²) < 4.78 is 45.7. The maximum atomic E-state index is 13.5. The highest BCUT2D eigenvalue weighted by molar-refractivity contribution is 5.78. The van der Waals surface area contributed by atoms with Crippen LogP contribution < -0.4 is 0 Å². The molecule has 112 valence electrons. The zero-order valence-electron chi connectivity index (χ0n) is 11.2. The van der Waals surface area contributed by atoms with E-state index in [1.165, 1.54) is 0 Å². The molecule has 0 spiro atoms. The van der Waals surface area contributed by atoms with Crippen molar-refractivity contribution in [2.75, 3.05) is 0 Å². The number of nitrogens with zero attached hydrogens (tertiary/aromatic N) is 1. The van der Waals surface area contributed by atoms with Gasteiger partial charge in [-0.05, 0) is 37.0 Å². The van der Waals surface area contributed by atoms with Crippen molar-refractivity contribution in [1.29, 1.82) is 0 Å². The Hall–Kier alpha value is -1.56. The molecule has 1 amide bonds. The van der Waals surface area contributed by atoms with Crippen molar-refractivity contribution in [1.82, 2.24) is 4.90 Å². The van der Waals surface area contributed by atoms with Gasteiger partial charge in [-0.15, -0.1) is 0 Å². The molecule has 21 heavy (non-hydrogen) atoms. The number of benzene rings is 1. The molecule has 1 aromatic carbocycles. The molecule has 3 fully saturated rings. The standard InChI is InChI=1S/C15H14F3NO2/c16-9-4-7(5-10(17)13(9)18)14-15-11(21-15)6-8-2-1-3-12(20)19(8)14/h4-5,8,11,14-15H,1-3,6H2/t8-,11-,14-,15+/m0/s1. The van der Waals surface area contributed by atoms with Crippen LogP contribution in [-0.2, 0) is 9.53 Å². The third kappa shape index (κ3) is 1.96. The number of hydrogen-bond donors (Lipinski definition) is 0. The molecule has 0 aromatic heterocycles. The number of halogens is 3. The van der Waals surface area contributed by atoms with Crippen LogP contribution in [0.2, 0.25) is 0 Å². The predicted octanol–water partition coefficient (Wildman–Crippen LogP) is 2.70. The highest BCUT2D eigenvalue weighted by Crippen LogP contribution is 2.49. The Kier molecular flexibility index (Phi) is 2.79. The molecule has 3 saturated heterocycles. The van der Waals surface area contributed by atoms with Crippen molar-refractivity contribution < 1.29 is 22.7 Å². The Balaban J connectivity index is 1.76. The second-order valence-electron chi connectivity index (χ2n) is 5.97. The fourth-order valence-electron chi connectivity index (χ4n) is 3.72. The maximum Gasteiger partial charge on any atom is 0.223 e. The van der Waals surface area contributed by atoms with Gasteiger partial charge < -0.3 is 9.64 Å². The van der Waals surface area contributed by atoms with Crippen LogP contribution in [0, 0.1) is 17.5 Å². The number of carbonyl (C=O) groups excluding carboxylic acids is 1. The molecule has 3 nitrogen and oxygen atoms in total. The number of carbonyl (C=O) groups is 1. The van der Waals surface area contributed by atoms with Crippen molar-refractivity contribution in [3.8, 4) is 0 Å². The normalized spacial score (nSPS) is 34.4. The molecule has 6 heteroatoms. The lowest BCUT2D eigenvalue weighted by atomic mass is 9.85. The van der Waals surface area contributed by atoms with E-state index in [0.29, 0.717) is 6.42 Å². The number of epoxide rings is 1. The molecule has 0 bridgehead atoms. The van der Waals surface area contributed by atoms with Crippen molar-refractivity contribution in [3.63, 3.8) is 0 Å². The maximum absolute atomic E-state index is 13.5. The molecular weight excluding hydrogens is 283 g/mol. The SMILES string of the molecule is O=C1CCC[C@H]2C[C@@H]3O[C@H]3[C@H](c3cc(F)c(F)c(F)c3)N12. The first-order chi connectivity index (χ1) is 10.1. The quantitative estimate of drug-likeness (QED) is 0.590. The Labute approximate surface area is 119 Å². The third-order valence-corrected chi connectivity index (χ3v) is 4.69. The molecule has 3 aliphatic heterocycles. The van der Waals surface area contributed by atoms with E-state index in [9.17, 15) is 18.0 Å². The number of piperidine rings is 2. The Bertz CT molecular complexity index is 598. The van der Waals surface area contributed by atoms with Gasteiger partial charge in [-0.25, -0.2) is 13.2 Å². The van der Waals surface area contributed by atoms with Gasteiger partial charge in [0.2, 0.25) is 5.91 Å². The monoisotopic (exact) mass is 297 g/mol. The van der Waals surface area contributed by atoms with Crippen LogP contribution in [0.5, 0.6) is 0 Å². The number of amides is 1. The number of hydrogen-bond acceptors (Lipinski definition) is 2. The average Bonchev–Trinajstić information content (AvgIpc) is 3.21. The summed E-state index contributed by atoms with van der Waals surface area (Å²) in [5.41, 5.74) is 0.277. The molecule has 3 aliphatic rings. The van der Waals surface area contributed by atoms with Crippen LogP contribution in [-0.4, -0.2) is 29.1 Å². The minimum atomic E-state index is -1.48. The average molecular weight is 297 g/mol. The van der Waals surface area contributed by atoms with Gasteiger partial charge in [0.15, 0.2) is 17.5 Å². The number of fused-ring (bicyclic) bond motifs is 2. The van der Waals surface area contributed by atoms with E-state index in [1.54, 1.807) is 4.90 Å². The summed E-state index contributed by atoms with van der Waals surface area (Å²) in [6, 6.07) is 1.50. The van der Waals surface area contributed by atoms with Crippen LogP contribution >= 0.6 is 0 Å². The van der Waals surface area contributed by atoms with E-state index < -0.39 is 23.5 Å². The zero-order chi connectivity index (χ0) is 14.7. The summed E-state index contributed by atoms with van der Waals surface area (Å²) in [5, 5.41) is 0. The summed E-state index contributed by atoms with van der Waals surface area (Å²) in [4.78, 5) is 13.9. The Morgan fingerprint density at radius 3 is 2.62 bits per heavy atom. The summed E-state index contributed by atoms with van der Waals surface area (Å²) >= 11 is 0. The van der Waals surface area contributed by atoms with Crippen molar-refractivity contribution >= 4 is 5.91 Å². The van der Waals surface area contributed by atoms with Crippen molar-refractivity contribution in [2.24, 2.45) is 0 Å². The van der Waals surface area contributed by atoms with Crippen LogP contribution in [0.1, 0.15) is 37.3 Å². The summed E-state index contributed by atoms with van der Waals surface area (Å²) in [5.74, 6) is -3.96. The highest BCUT2D eigenvalue weighted by Gasteiger charge is 2.56. The molecule has 0 N–H and O–H groups in total. The lowest BCUT2D eigenvalue weighted by Gasteiger charge is -2.43. The minimum absolute atomic E-state index is 0.0182. The summed E-state index contributed by atoms with van der Waals surface area (Å²) in [7, 11) is 0. The first-order valence-corrected chi connectivity index (χ1v) is 7.17. The zero-order valence-corrected chi connectivity index (χ0v) is 11.2. The minimum Gasteiger partial charge on any atom is -0.367 e. The predicted molar refractivity (Wildman–Crippen MR) is 66.8 cm³/mol. The third-order valence-electron chi connectivity index (χ3n) is 4.69. The molecule has 3 heterocycles. The Morgan fingerprint density at radius 1 is 1.19 bits per heavy atom. The van der Waals surface area contributed by atoms with E-state index in [1.807, 2.05) is 0 Å². The van der Waals surface area contributed by atoms with Crippen LogP contribution in [0.4, 0.5) is 13.2 Å². The lowest BCUT2D eigenvalue weighted by Crippen LogP contribution is -2.51. The van der Waals surface area contributed by atoms with E-state index in [2.05, 4.69) is 0 Å². The summed E-state index contributed by atoms with van der Waals surface area (Å²) in [6.07, 6.45) is 2.73. The van der Waals surface area contributed by atoms with Gasteiger partial charge in [0.25, 0.3) is 0 Å². The number of rotatable bonds is 1. The second-order valence-corrected chi connectivity index (χ2v) is 5.97. The van der Waals surface area contributed by atoms with Crippen LogP contribution in [0.15, 0.2) is 12.1 Å². The molecule has 1 aromatic rings. The smallest absolute Gasteiger partial charge is 0.223 e. The van der Waals surface area contributed by atoms with Crippen LogP contribution in [0.3, 0.4) is 0 Å². The molecule has 0 aliphatic carbocycles. The Morgan fingerprint density at radius 2 is 1.90 bits per heavy atom. The van der Waals surface area contributed by atoms with Gasteiger partial charge in [-0.2, -0.15) is 0 Å². The van der Waals surface area contributed by atoms with E-state index in [4.69, 9.17) is 4.74 Å². The molecular formula is C15H14F3NO2. The van der Waals surface area contributed by atoms with Crippen molar-refractivity contribution in [3.05, 3.63) is 35.1 Å². The fourth-order valence-corrected chi connectivity index (χ4v) is 3.72. The lowest BCUT2D eigenvalue weighted by molar-refractivity contribution is -0.141. The van der Waals surface area contributed by atoms with Gasteiger partial charge in [0, 0.05) is 12.5 Å².